The quantitative estimate of drug-likeness (QED) is 0.894. The number of nitrogens with one attached hydrogen (secondary N) is 2. The maximum Gasteiger partial charge on any atom is 0.251 e. The Bertz CT molecular complexity index is 442. The number of amides is 1. The highest BCUT2D eigenvalue weighted by Crippen LogP contribution is 2.17. The lowest BCUT2D eigenvalue weighted by Gasteiger charge is -2.22. The summed E-state index contributed by atoms with van der Waals surface area (Å²) in [6, 6.07) is 5.72. The first-order valence-electron chi connectivity index (χ1n) is 6.92. The minimum Gasteiger partial charge on any atom is -0.352 e. The van der Waals surface area contributed by atoms with Crippen molar-refractivity contribution < 1.29 is 4.79 Å². The van der Waals surface area contributed by atoms with Crippen LogP contribution in [-0.4, -0.2) is 25.5 Å². The van der Waals surface area contributed by atoms with Gasteiger partial charge in [-0.1, -0.05) is 22.0 Å². The van der Waals surface area contributed by atoms with E-state index in [0.29, 0.717) is 5.92 Å². The summed E-state index contributed by atoms with van der Waals surface area (Å²) in [5.74, 6) is 0.725. The molecule has 1 aliphatic rings. The number of hydrogen-bond donors (Lipinski definition) is 2. The van der Waals surface area contributed by atoms with Gasteiger partial charge in [0.2, 0.25) is 0 Å². The van der Waals surface area contributed by atoms with Crippen molar-refractivity contribution in [3.8, 4) is 0 Å². The van der Waals surface area contributed by atoms with Crippen molar-refractivity contribution in [1.29, 1.82) is 0 Å². The molecule has 2 rings (SSSR count). The number of hydrogen-bond acceptors (Lipinski definition) is 2. The average molecular weight is 325 g/mol. The molecule has 0 spiro atoms. The van der Waals surface area contributed by atoms with Crippen molar-refractivity contribution in [2.45, 2.75) is 26.2 Å². The van der Waals surface area contributed by atoms with Gasteiger partial charge < -0.3 is 10.6 Å². The van der Waals surface area contributed by atoms with Crippen LogP contribution in [0.25, 0.3) is 0 Å². The molecule has 1 amide bonds. The zero-order chi connectivity index (χ0) is 13.7. The minimum atomic E-state index is 0.0180. The van der Waals surface area contributed by atoms with Gasteiger partial charge in [0.05, 0.1) is 0 Å². The molecular formula is C15H21BrN2O. The van der Waals surface area contributed by atoms with Crippen LogP contribution in [0.3, 0.4) is 0 Å². The van der Waals surface area contributed by atoms with Crippen molar-refractivity contribution >= 4 is 21.8 Å². The van der Waals surface area contributed by atoms with Gasteiger partial charge in [0.25, 0.3) is 5.91 Å². The third-order valence-corrected chi connectivity index (χ3v) is 4.53. The van der Waals surface area contributed by atoms with Gasteiger partial charge in [0.15, 0.2) is 0 Å². The number of rotatable bonds is 4. The fraction of sp³-hybridized carbons (Fsp3) is 0.533. The molecule has 1 saturated heterocycles. The van der Waals surface area contributed by atoms with Crippen molar-refractivity contribution in [2.75, 3.05) is 19.6 Å². The SMILES string of the molecule is Cc1ccc(C(=O)NCCC2CCCNC2)cc1Br. The Labute approximate surface area is 123 Å². The van der Waals surface area contributed by atoms with Crippen LogP contribution in [0.4, 0.5) is 0 Å². The van der Waals surface area contributed by atoms with Gasteiger partial charge in [0, 0.05) is 16.6 Å². The third-order valence-electron chi connectivity index (χ3n) is 3.67. The smallest absolute Gasteiger partial charge is 0.251 e. The summed E-state index contributed by atoms with van der Waals surface area (Å²) in [4.78, 5) is 12.0. The van der Waals surface area contributed by atoms with Crippen molar-refractivity contribution in [3.63, 3.8) is 0 Å². The van der Waals surface area contributed by atoms with E-state index in [0.717, 1.165) is 41.7 Å². The van der Waals surface area contributed by atoms with Crippen molar-refractivity contribution in [3.05, 3.63) is 33.8 Å². The molecule has 1 atom stereocenters. The molecule has 1 unspecified atom stereocenters. The molecule has 1 aromatic carbocycles. The summed E-state index contributed by atoms with van der Waals surface area (Å²) in [5, 5.41) is 6.40. The third kappa shape index (κ3) is 4.32. The monoisotopic (exact) mass is 324 g/mol. The molecule has 1 heterocycles. The predicted octanol–water partition coefficient (Wildman–Crippen LogP) is 2.88. The van der Waals surface area contributed by atoms with Crippen molar-refractivity contribution in [2.24, 2.45) is 5.92 Å². The van der Waals surface area contributed by atoms with Crippen LogP contribution in [0.15, 0.2) is 22.7 Å². The first-order chi connectivity index (χ1) is 9.16. The van der Waals surface area contributed by atoms with Gasteiger partial charge >= 0.3 is 0 Å². The Hall–Kier alpha value is -0.870. The first-order valence-corrected chi connectivity index (χ1v) is 7.71. The maximum absolute atomic E-state index is 12.0. The molecule has 1 fully saturated rings. The Morgan fingerprint density at radius 1 is 1.53 bits per heavy atom. The molecule has 3 nitrogen and oxygen atoms in total. The highest BCUT2D eigenvalue weighted by atomic mass is 79.9. The predicted molar refractivity (Wildman–Crippen MR) is 81.4 cm³/mol. The molecule has 0 aliphatic carbocycles. The molecule has 0 bridgehead atoms. The topological polar surface area (TPSA) is 41.1 Å². The molecule has 0 radical (unpaired) electrons. The number of carbonyl (C=O) groups is 1. The Kier molecular flexibility index (Phi) is 5.40. The van der Waals surface area contributed by atoms with Crippen LogP contribution in [0, 0.1) is 12.8 Å². The van der Waals surface area contributed by atoms with Crippen LogP contribution in [0.5, 0.6) is 0 Å². The van der Waals surface area contributed by atoms with E-state index < -0.39 is 0 Å². The zero-order valence-electron chi connectivity index (χ0n) is 11.3. The van der Waals surface area contributed by atoms with E-state index in [2.05, 4.69) is 26.6 Å². The second-order valence-electron chi connectivity index (χ2n) is 5.22. The molecular weight excluding hydrogens is 304 g/mol. The van der Waals surface area contributed by atoms with E-state index in [1.807, 2.05) is 25.1 Å². The number of benzene rings is 1. The van der Waals surface area contributed by atoms with Crippen molar-refractivity contribution in [1.82, 2.24) is 10.6 Å². The Balaban J connectivity index is 1.78. The normalized spacial score (nSPS) is 19.2. The summed E-state index contributed by atoms with van der Waals surface area (Å²) < 4.78 is 0.983. The number of piperidine rings is 1. The summed E-state index contributed by atoms with van der Waals surface area (Å²) in [6.45, 7) is 5.00. The molecule has 0 saturated carbocycles. The Morgan fingerprint density at radius 2 is 2.37 bits per heavy atom. The summed E-state index contributed by atoms with van der Waals surface area (Å²) >= 11 is 3.46. The zero-order valence-corrected chi connectivity index (χ0v) is 12.9. The largest absolute Gasteiger partial charge is 0.352 e. The van der Waals surface area contributed by atoms with Crippen LogP contribution >= 0.6 is 15.9 Å². The number of halogens is 1. The van der Waals surface area contributed by atoms with E-state index in [1.165, 1.54) is 12.8 Å². The van der Waals surface area contributed by atoms with Gasteiger partial charge in [-0.15, -0.1) is 0 Å². The summed E-state index contributed by atoms with van der Waals surface area (Å²) in [7, 11) is 0. The van der Waals surface area contributed by atoms with E-state index in [9.17, 15) is 4.79 Å². The van der Waals surface area contributed by atoms with Crippen LogP contribution < -0.4 is 10.6 Å². The highest BCUT2D eigenvalue weighted by molar-refractivity contribution is 9.10. The maximum atomic E-state index is 12.0. The summed E-state index contributed by atoms with van der Waals surface area (Å²) in [5.41, 5.74) is 1.86. The van der Waals surface area contributed by atoms with E-state index in [4.69, 9.17) is 0 Å². The molecule has 19 heavy (non-hydrogen) atoms. The van der Waals surface area contributed by atoms with Crippen LogP contribution in [0.1, 0.15) is 35.2 Å². The fourth-order valence-electron chi connectivity index (χ4n) is 2.40. The highest BCUT2D eigenvalue weighted by Gasteiger charge is 2.13. The second-order valence-corrected chi connectivity index (χ2v) is 6.08. The first kappa shape index (κ1) is 14.5. The van der Waals surface area contributed by atoms with Crippen LogP contribution in [0.2, 0.25) is 0 Å². The van der Waals surface area contributed by atoms with Gasteiger partial charge in [-0.2, -0.15) is 0 Å². The number of aryl methyl sites for hydroxylation is 1. The molecule has 104 valence electrons. The van der Waals surface area contributed by atoms with Gasteiger partial charge in [-0.05, 0) is 62.9 Å². The molecule has 1 aliphatic heterocycles. The van der Waals surface area contributed by atoms with Gasteiger partial charge in [0.1, 0.15) is 0 Å². The average Bonchev–Trinajstić information content (AvgIpc) is 2.43. The minimum absolute atomic E-state index is 0.0180. The molecule has 0 aromatic heterocycles. The summed E-state index contributed by atoms with van der Waals surface area (Å²) in [6.07, 6.45) is 3.59. The van der Waals surface area contributed by atoms with E-state index >= 15 is 0 Å². The second kappa shape index (κ2) is 7.06. The van der Waals surface area contributed by atoms with Gasteiger partial charge in [-0.3, -0.25) is 4.79 Å². The number of carbonyl (C=O) groups excluding carboxylic acids is 1. The fourth-order valence-corrected chi connectivity index (χ4v) is 2.78. The van der Waals surface area contributed by atoms with Gasteiger partial charge in [-0.25, -0.2) is 0 Å². The standard InChI is InChI=1S/C15H21BrN2O/c1-11-4-5-13(9-14(11)16)15(19)18-8-6-12-3-2-7-17-10-12/h4-5,9,12,17H,2-3,6-8,10H2,1H3,(H,18,19). The lowest BCUT2D eigenvalue weighted by molar-refractivity contribution is 0.0950. The van der Waals surface area contributed by atoms with E-state index in [-0.39, 0.29) is 5.91 Å². The lowest BCUT2D eigenvalue weighted by atomic mass is 9.96. The lowest BCUT2D eigenvalue weighted by Crippen LogP contribution is -2.33. The van der Waals surface area contributed by atoms with E-state index in [1.54, 1.807) is 0 Å². The molecule has 1 aromatic rings. The molecule has 2 N–H and O–H groups in total. The van der Waals surface area contributed by atoms with Crippen LogP contribution in [-0.2, 0) is 0 Å². The molecule has 4 heteroatoms. The Morgan fingerprint density at radius 3 is 3.05 bits per heavy atom.